The molecule has 0 unspecified atom stereocenters. The van der Waals surface area contributed by atoms with E-state index < -0.39 is 0 Å². The summed E-state index contributed by atoms with van der Waals surface area (Å²) < 4.78 is 5.16. The van der Waals surface area contributed by atoms with Crippen molar-refractivity contribution >= 4 is 5.88 Å². The summed E-state index contributed by atoms with van der Waals surface area (Å²) in [4.78, 5) is 0. The number of anilines is 1. The van der Waals surface area contributed by atoms with Gasteiger partial charge in [-0.3, -0.25) is 0 Å². The van der Waals surface area contributed by atoms with Crippen LogP contribution in [0.1, 0.15) is 19.4 Å². The molecule has 2 heteroatoms. The van der Waals surface area contributed by atoms with Gasteiger partial charge in [-0.2, -0.15) is 0 Å². The zero-order chi connectivity index (χ0) is 7.56. The van der Waals surface area contributed by atoms with Gasteiger partial charge in [-0.15, -0.1) is 0 Å². The number of rotatable bonds is 2. The topological polar surface area (TPSA) is 25.2 Å². The van der Waals surface area contributed by atoms with Crippen molar-refractivity contribution in [3.8, 4) is 0 Å². The van der Waals surface area contributed by atoms with Crippen LogP contribution in [0.3, 0.4) is 0 Å². The van der Waals surface area contributed by atoms with Gasteiger partial charge in [-0.25, -0.2) is 0 Å². The molecule has 0 aromatic carbocycles. The van der Waals surface area contributed by atoms with Crippen molar-refractivity contribution in [2.24, 2.45) is 0 Å². The second-order valence-electron chi connectivity index (χ2n) is 2.79. The Kier molecular flexibility index (Phi) is 2.00. The first-order chi connectivity index (χ1) is 4.68. The third-order valence-corrected chi connectivity index (χ3v) is 1.16. The Morgan fingerprint density at radius 2 is 2.20 bits per heavy atom. The molecule has 56 valence electrons. The van der Waals surface area contributed by atoms with E-state index in [-0.39, 0.29) is 0 Å². The minimum absolute atomic E-state index is 0.436. The van der Waals surface area contributed by atoms with Crippen LogP contribution in [-0.2, 0) is 0 Å². The van der Waals surface area contributed by atoms with Gasteiger partial charge < -0.3 is 9.73 Å². The minimum Gasteiger partial charge on any atom is -0.449 e. The van der Waals surface area contributed by atoms with Crippen molar-refractivity contribution in [1.82, 2.24) is 0 Å². The van der Waals surface area contributed by atoms with Gasteiger partial charge in [0.2, 0.25) is 0 Å². The normalized spacial score (nSPS) is 10.4. The predicted octanol–water partition coefficient (Wildman–Crippen LogP) is 2.41. The largest absolute Gasteiger partial charge is 0.449 e. The molecule has 0 saturated carbocycles. The van der Waals surface area contributed by atoms with Crippen LogP contribution < -0.4 is 5.32 Å². The Bertz CT molecular complexity index is 203. The maximum Gasteiger partial charge on any atom is 0.193 e. The SMILES string of the molecule is Cc1coc(NC(C)C)c1. The van der Waals surface area contributed by atoms with Crippen LogP contribution in [0.5, 0.6) is 0 Å². The monoisotopic (exact) mass is 139 g/mol. The van der Waals surface area contributed by atoms with Crippen LogP contribution in [-0.4, -0.2) is 6.04 Å². The smallest absolute Gasteiger partial charge is 0.193 e. The molecule has 0 atom stereocenters. The van der Waals surface area contributed by atoms with E-state index in [1.807, 2.05) is 13.0 Å². The number of furan rings is 1. The third kappa shape index (κ3) is 1.79. The molecule has 0 fully saturated rings. The quantitative estimate of drug-likeness (QED) is 0.680. The molecular formula is C8H13NO. The lowest BCUT2D eigenvalue weighted by molar-refractivity contribution is 0.571. The summed E-state index contributed by atoms with van der Waals surface area (Å²) in [6.45, 7) is 6.17. The third-order valence-electron chi connectivity index (χ3n) is 1.16. The first-order valence-corrected chi connectivity index (χ1v) is 3.50. The molecule has 0 bridgehead atoms. The Morgan fingerprint density at radius 3 is 2.60 bits per heavy atom. The molecule has 1 N–H and O–H groups in total. The molecular weight excluding hydrogens is 126 g/mol. The van der Waals surface area contributed by atoms with Crippen molar-refractivity contribution < 1.29 is 4.42 Å². The first-order valence-electron chi connectivity index (χ1n) is 3.50. The van der Waals surface area contributed by atoms with E-state index in [0.717, 1.165) is 11.4 Å². The summed E-state index contributed by atoms with van der Waals surface area (Å²) in [6.07, 6.45) is 1.74. The Labute approximate surface area is 61.2 Å². The summed E-state index contributed by atoms with van der Waals surface area (Å²) in [5, 5.41) is 3.16. The standard InChI is InChI=1S/C8H13NO/c1-6(2)9-8-4-7(3)5-10-8/h4-6,9H,1-3H3. The lowest BCUT2D eigenvalue weighted by Crippen LogP contribution is -2.08. The highest BCUT2D eigenvalue weighted by atomic mass is 16.3. The molecule has 1 heterocycles. The van der Waals surface area contributed by atoms with Crippen LogP contribution in [0.4, 0.5) is 5.88 Å². The fraction of sp³-hybridized carbons (Fsp3) is 0.500. The Hall–Kier alpha value is -0.920. The van der Waals surface area contributed by atoms with Gasteiger partial charge in [0.05, 0.1) is 6.26 Å². The van der Waals surface area contributed by atoms with E-state index in [1.54, 1.807) is 6.26 Å². The maximum atomic E-state index is 5.16. The van der Waals surface area contributed by atoms with Crippen molar-refractivity contribution in [3.05, 3.63) is 17.9 Å². The van der Waals surface area contributed by atoms with Gasteiger partial charge in [-0.1, -0.05) is 0 Å². The molecule has 0 saturated heterocycles. The van der Waals surface area contributed by atoms with Crippen molar-refractivity contribution in [2.75, 3.05) is 5.32 Å². The van der Waals surface area contributed by atoms with E-state index in [4.69, 9.17) is 4.42 Å². The van der Waals surface area contributed by atoms with Crippen LogP contribution in [0.25, 0.3) is 0 Å². The highest BCUT2D eigenvalue weighted by molar-refractivity contribution is 5.34. The summed E-state index contributed by atoms with van der Waals surface area (Å²) in [5.74, 6) is 0.854. The number of hydrogen-bond donors (Lipinski definition) is 1. The highest BCUT2D eigenvalue weighted by Gasteiger charge is 1.97. The molecule has 0 aliphatic rings. The number of hydrogen-bond acceptors (Lipinski definition) is 2. The fourth-order valence-electron chi connectivity index (χ4n) is 0.791. The summed E-state index contributed by atoms with van der Waals surface area (Å²) >= 11 is 0. The molecule has 1 aromatic heterocycles. The minimum atomic E-state index is 0.436. The van der Waals surface area contributed by atoms with E-state index in [2.05, 4.69) is 19.2 Å². The lowest BCUT2D eigenvalue weighted by Gasteiger charge is -2.04. The summed E-state index contributed by atoms with van der Waals surface area (Å²) in [5.41, 5.74) is 1.16. The van der Waals surface area contributed by atoms with Crippen LogP contribution in [0.15, 0.2) is 16.7 Å². The van der Waals surface area contributed by atoms with E-state index >= 15 is 0 Å². The van der Waals surface area contributed by atoms with E-state index in [1.165, 1.54) is 0 Å². The van der Waals surface area contributed by atoms with Crippen molar-refractivity contribution in [1.29, 1.82) is 0 Å². The summed E-state index contributed by atoms with van der Waals surface area (Å²) in [7, 11) is 0. The Morgan fingerprint density at radius 1 is 1.50 bits per heavy atom. The fourth-order valence-corrected chi connectivity index (χ4v) is 0.791. The summed E-state index contributed by atoms with van der Waals surface area (Å²) in [6, 6.07) is 2.42. The second-order valence-corrected chi connectivity index (χ2v) is 2.79. The molecule has 0 amide bonds. The highest BCUT2D eigenvalue weighted by Crippen LogP contribution is 2.12. The van der Waals surface area contributed by atoms with Crippen LogP contribution in [0.2, 0.25) is 0 Å². The molecule has 0 spiro atoms. The van der Waals surface area contributed by atoms with E-state index in [9.17, 15) is 0 Å². The lowest BCUT2D eigenvalue weighted by atomic mass is 10.3. The zero-order valence-electron chi connectivity index (χ0n) is 6.64. The molecule has 2 nitrogen and oxygen atoms in total. The maximum absolute atomic E-state index is 5.16. The zero-order valence-corrected chi connectivity index (χ0v) is 6.64. The predicted molar refractivity (Wildman–Crippen MR) is 42.2 cm³/mol. The van der Waals surface area contributed by atoms with Gasteiger partial charge in [-0.05, 0) is 26.3 Å². The van der Waals surface area contributed by atoms with Gasteiger partial charge >= 0.3 is 0 Å². The van der Waals surface area contributed by atoms with E-state index in [0.29, 0.717) is 6.04 Å². The van der Waals surface area contributed by atoms with Gasteiger partial charge in [0, 0.05) is 12.1 Å². The van der Waals surface area contributed by atoms with Crippen molar-refractivity contribution in [3.63, 3.8) is 0 Å². The molecule has 0 aliphatic heterocycles. The number of aryl methyl sites for hydroxylation is 1. The molecule has 1 rings (SSSR count). The van der Waals surface area contributed by atoms with Gasteiger partial charge in [0.25, 0.3) is 0 Å². The molecule has 0 radical (unpaired) electrons. The second kappa shape index (κ2) is 2.78. The average Bonchev–Trinajstić information content (AvgIpc) is 2.13. The van der Waals surface area contributed by atoms with Gasteiger partial charge in [0.1, 0.15) is 0 Å². The molecule has 0 aliphatic carbocycles. The van der Waals surface area contributed by atoms with Crippen LogP contribution in [0, 0.1) is 6.92 Å². The number of nitrogens with one attached hydrogen (secondary N) is 1. The van der Waals surface area contributed by atoms with Crippen LogP contribution >= 0.6 is 0 Å². The van der Waals surface area contributed by atoms with Crippen molar-refractivity contribution in [2.45, 2.75) is 26.8 Å². The average molecular weight is 139 g/mol. The first kappa shape index (κ1) is 7.19. The Balaban J connectivity index is 2.58. The molecule has 10 heavy (non-hydrogen) atoms. The van der Waals surface area contributed by atoms with Gasteiger partial charge in [0.15, 0.2) is 5.88 Å². The molecule has 1 aromatic rings.